The number of nitrogens with one attached hydrogen (secondary N) is 1. The number of anilines is 1. The molecular formula is C15H16BrNO3. The smallest absolute Gasteiger partial charge is 0.162 e. The van der Waals surface area contributed by atoms with Crippen LogP contribution in [0.3, 0.4) is 0 Å². The maximum atomic E-state index is 10.1. The van der Waals surface area contributed by atoms with Crippen LogP contribution in [0.15, 0.2) is 40.9 Å². The molecule has 2 N–H and O–H groups in total. The van der Waals surface area contributed by atoms with Crippen LogP contribution in [0.2, 0.25) is 0 Å². The van der Waals surface area contributed by atoms with Crippen molar-refractivity contribution < 1.29 is 14.6 Å². The Bertz CT molecular complexity index is 584. The van der Waals surface area contributed by atoms with Crippen LogP contribution in [0.1, 0.15) is 5.56 Å². The van der Waals surface area contributed by atoms with Crippen LogP contribution < -0.4 is 14.8 Å². The fraction of sp³-hybridized carbons (Fsp3) is 0.200. The summed E-state index contributed by atoms with van der Waals surface area (Å²) in [5.41, 5.74) is 1.70. The third kappa shape index (κ3) is 3.36. The third-order valence-electron chi connectivity index (χ3n) is 2.91. The van der Waals surface area contributed by atoms with E-state index in [-0.39, 0.29) is 5.75 Å². The predicted octanol–water partition coefficient (Wildman–Crippen LogP) is 3.78. The molecule has 0 saturated carbocycles. The van der Waals surface area contributed by atoms with Crippen molar-refractivity contribution in [3.8, 4) is 17.2 Å². The highest BCUT2D eigenvalue weighted by Crippen LogP contribution is 2.34. The van der Waals surface area contributed by atoms with Gasteiger partial charge >= 0.3 is 0 Å². The van der Waals surface area contributed by atoms with Crippen LogP contribution >= 0.6 is 15.9 Å². The zero-order valence-corrected chi connectivity index (χ0v) is 12.9. The largest absolute Gasteiger partial charge is 0.504 e. The van der Waals surface area contributed by atoms with E-state index in [4.69, 9.17) is 9.47 Å². The van der Waals surface area contributed by atoms with Crippen molar-refractivity contribution >= 4 is 21.6 Å². The zero-order valence-electron chi connectivity index (χ0n) is 11.3. The minimum Gasteiger partial charge on any atom is -0.504 e. The Morgan fingerprint density at radius 3 is 2.40 bits per heavy atom. The number of methoxy groups -OCH3 is 2. The number of aromatic hydroxyl groups is 1. The number of halogens is 1. The van der Waals surface area contributed by atoms with Gasteiger partial charge in [-0.25, -0.2) is 0 Å². The summed E-state index contributed by atoms with van der Waals surface area (Å²) in [4.78, 5) is 0. The molecule has 2 aromatic rings. The molecule has 0 saturated heterocycles. The van der Waals surface area contributed by atoms with Crippen molar-refractivity contribution in [3.63, 3.8) is 0 Å². The van der Waals surface area contributed by atoms with Crippen LogP contribution in [0.4, 0.5) is 5.69 Å². The standard InChI is InChI=1S/C15H16BrNO3/c1-19-13-5-3-12(4-6-13)17-9-10-7-11(16)8-14(20-2)15(10)18/h3-8,17-18H,9H2,1-2H3. The Labute approximate surface area is 126 Å². The molecule has 0 aliphatic rings. The van der Waals surface area contributed by atoms with Crippen LogP contribution in [0.5, 0.6) is 17.2 Å². The first kappa shape index (κ1) is 14.5. The molecule has 4 nitrogen and oxygen atoms in total. The van der Waals surface area contributed by atoms with Crippen LogP contribution in [0.25, 0.3) is 0 Å². The Morgan fingerprint density at radius 1 is 1.10 bits per heavy atom. The molecule has 0 radical (unpaired) electrons. The number of hydrogen-bond acceptors (Lipinski definition) is 4. The normalized spacial score (nSPS) is 10.2. The van der Waals surface area contributed by atoms with Crippen LogP contribution in [0, 0.1) is 0 Å². The lowest BCUT2D eigenvalue weighted by Crippen LogP contribution is -2.00. The van der Waals surface area contributed by atoms with Gasteiger partial charge in [-0.1, -0.05) is 15.9 Å². The number of hydrogen-bond donors (Lipinski definition) is 2. The van der Waals surface area contributed by atoms with Gasteiger partial charge in [0.15, 0.2) is 11.5 Å². The van der Waals surface area contributed by atoms with Gasteiger partial charge in [0.25, 0.3) is 0 Å². The number of phenolic OH excluding ortho intramolecular Hbond substituents is 1. The first-order valence-electron chi connectivity index (χ1n) is 6.07. The minimum atomic E-state index is 0.150. The lowest BCUT2D eigenvalue weighted by atomic mass is 10.2. The number of phenols is 1. The molecule has 0 bridgehead atoms. The van der Waals surface area contributed by atoms with E-state index in [0.29, 0.717) is 12.3 Å². The molecule has 20 heavy (non-hydrogen) atoms. The summed E-state index contributed by atoms with van der Waals surface area (Å²) in [7, 11) is 3.16. The molecule has 0 aliphatic carbocycles. The Kier molecular flexibility index (Phi) is 4.74. The summed E-state index contributed by atoms with van der Waals surface area (Å²) in [6.07, 6.45) is 0. The minimum absolute atomic E-state index is 0.150. The zero-order chi connectivity index (χ0) is 14.5. The average Bonchev–Trinajstić information content (AvgIpc) is 2.48. The second kappa shape index (κ2) is 6.52. The van der Waals surface area contributed by atoms with Gasteiger partial charge in [-0.15, -0.1) is 0 Å². The van der Waals surface area contributed by atoms with Crippen molar-refractivity contribution in [2.45, 2.75) is 6.54 Å². The van der Waals surface area contributed by atoms with E-state index in [0.717, 1.165) is 21.5 Å². The monoisotopic (exact) mass is 337 g/mol. The third-order valence-corrected chi connectivity index (χ3v) is 3.37. The van der Waals surface area contributed by atoms with Crippen molar-refractivity contribution in [3.05, 3.63) is 46.4 Å². The highest BCUT2D eigenvalue weighted by Gasteiger charge is 2.09. The van der Waals surface area contributed by atoms with Gasteiger partial charge in [0.1, 0.15) is 5.75 Å². The first-order valence-corrected chi connectivity index (χ1v) is 6.86. The Morgan fingerprint density at radius 2 is 1.80 bits per heavy atom. The number of rotatable bonds is 5. The van der Waals surface area contributed by atoms with Crippen molar-refractivity contribution in [1.29, 1.82) is 0 Å². The molecule has 2 rings (SSSR count). The van der Waals surface area contributed by atoms with E-state index in [1.807, 2.05) is 30.3 Å². The van der Waals surface area contributed by atoms with Crippen molar-refractivity contribution in [2.75, 3.05) is 19.5 Å². The molecule has 0 aromatic heterocycles. The maximum Gasteiger partial charge on any atom is 0.162 e. The summed E-state index contributed by atoms with van der Waals surface area (Å²) >= 11 is 3.40. The molecule has 0 atom stereocenters. The fourth-order valence-corrected chi connectivity index (χ4v) is 2.31. The molecule has 0 amide bonds. The fourth-order valence-electron chi connectivity index (χ4n) is 1.82. The van der Waals surface area contributed by atoms with Crippen LogP contribution in [-0.4, -0.2) is 19.3 Å². The van der Waals surface area contributed by atoms with E-state index in [2.05, 4.69) is 21.2 Å². The lowest BCUT2D eigenvalue weighted by molar-refractivity contribution is 0.370. The summed E-state index contributed by atoms with van der Waals surface area (Å²) < 4.78 is 11.1. The van der Waals surface area contributed by atoms with Crippen molar-refractivity contribution in [2.24, 2.45) is 0 Å². The average molecular weight is 338 g/mol. The number of benzene rings is 2. The second-order valence-corrected chi connectivity index (χ2v) is 5.11. The summed E-state index contributed by atoms with van der Waals surface area (Å²) in [6, 6.07) is 11.2. The van der Waals surface area contributed by atoms with Gasteiger partial charge in [0, 0.05) is 22.3 Å². The van der Waals surface area contributed by atoms with E-state index >= 15 is 0 Å². The summed E-state index contributed by atoms with van der Waals surface area (Å²) in [6.45, 7) is 0.494. The van der Waals surface area contributed by atoms with Gasteiger partial charge in [-0.05, 0) is 36.4 Å². The topological polar surface area (TPSA) is 50.7 Å². The van der Waals surface area contributed by atoms with Gasteiger partial charge < -0.3 is 19.9 Å². The Balaban J connectivity index is 2.11. The second-order valence-electron chi connectivity index (χ2n) is 4.20. The van der Waals surface area contributed by atoms with Gasteiger partial charge in [0.2, 0.25) is 0 Å². The quantitative estimate of drug-likeness (QED) is 0.871. The molecule has 0 unspecified atom stereocenters. The summed E-state index contributed by atoms with van der Waals surface area (Å²) in [5, 5.41) is 13.3. The molecule has 0 fully saturated rings. The molecule has 2 aromatic carbocycles. The van der Waals surface area contributed by atoms with Gasteiger partial charge in [0.05, 0.1) is 14.2 Å². The van der Waals surface area contributed by atoms with Crippen molar-refractivity contribution in [1.82, 2.24) is 0 Å². The van der Waals surface area contributed by atoms with Crippen LogP contribution in [-0.2, 0) is 6.54 Å². The lowest BCUT2D eigenvalue weighted by Gasteiger charge is -2.12. The molecule has 106 valence electrons. The van der Waals surface area contributed by atoms with E-state index in [1.54, 1.807) is 13.2 Å². The molecule has 0 heterocycles. The predicted molar refractivity (Wildman–Crippen MR) is 82.7 cm³/mol. The van der Waals surface area contributed by atoms with E-state index in [1.165, 1.54) is 7.11 Å². The van der Waals surface area contributed by atoms with Gasteiger partial charge in [-0.3, -0.25) is 0 Å². The first-order chi connectivity index (χ1) is 9.63. The van der Waals surface area contributed by atoms with E-state index < -0.39 is 0 Å². The summed E-state index contributed by atoms with van der Waals surface area (Å²) in [5.74, 6) is 1.41. The molecular weight excluding hydrogens is 322 g/mol. The molecule has 5 heteroatoms. The van der Waals surface area contributed by atoms with E-state index in [9.17, 15) is 5.11 Å². The molecule has 0 aliphatic heterocycles. The highest BCUT2D eigenvalue weighted by atomic mass is 79.9. The number of ether oxygens (including phenoxy) is 2. The molecule has 0 spiro atoms. The van der Waals surface area contributed by atoms with Gasteiger partial charge in [-0.2, -0.15) is 0 Å². The SMILES string of the molecule is COc1ccc(NCc2cc(Br)cc(OC)c2O)cc1. The maximum absolute atomic E-state index is 10.1. The highest BCUT2D eigenvalue weighted by molar-refractivity contribution is 9.10. The Hall–Kier alpha value is -1.88.